The Morgan fingerprint density at radius 2 is 1.75 bits per heavy atom. The minimum atomic E-state index is -0.558. The number of halogens is 1. The molecular weight excluding hydrogens is 409 g/mol. The molecule has 5 aromatic rings. The second kappa shape index (κ2) is 7.62. The molecule has 0 spiro atoms. The van der Waals surface area contributed by atoms with Crippen molar-refractivity contribution < 1.29 is 9.13 Å². The van der Waals surface area contributed by atoms with E-state index in [2.05, 4.69) is 24.9 Å². The number of aromatic amines is 1. The van der Waals surface area contributed by atoms with Crippen molar-refractivity contribution in [3.63, 3.8) is 0 Å². The first-order valence-electron chi connectivity index (χ1n) is 9.75. The number of pyridine rings is 2. The lowest BCUT2D eigenvalue weighted by Gasteiger charge is -2.14. The van der Waals surface area contributed by atoms with Gasteiger partial charge in [0.2, 0.25) is 5.95 Å². The van der Waals surface area contributed by atoms with Crippen LogP contribution in [-0.4, -0.2) is 24.9 Å². The first kappa shape index (κ1) is 19.4. The van der Waals surface area contributed by atoms with Gasteiger partial charge in [-0.25, -0.2) is 14.4 Å². The molecule has 4 aromatic heterocycles. The molecule has 0 saturated heterocycles. The summed E-state index contributed by atoms with van der Waals surface area (Å²) in [7, 11) is 0. The van der Waals surface area contributed by atoms with Gasteiger partial charge in [0, 0.05) is 30.4 Å². The third kappa shape index (κ3) is 3.35. The van der Waals surface area contributed by atoms with Crippen LogP contribution in [0.4, 0.5) is 16.2 Å². The topological polar surface area (TPSA) is 129 Å². The Morgan fingerprint density at radius 1 is 0.938 bits per heavy atom. The lowest BCUT2D eigenvalue weighted by molar-refractivity contribution is 0.446. The van der Waals surface area contributed by atoms with Gasteiger partial charge in [-0.3, -0.25) is 4.98 Å². The van der Waals surface area contributed by atoms with Crippen LogP contribution >= 0.6 is 0 Å². The predicted molar refractivity (Wildman–Crippen MR) is 120 cm³/mol. The summed E-state index contributed by atoms with van der Waals surface area (Å²) in [6.45, 7) is 1.93. The SMILES string of the molecule is Cc1c[nH]c2nccc(Oc3ccc(-c4c(N)nc(N)nc4-c4ccncc4)cc3F)c12. The second-order valence-corrected chi connectivity index (χ2v) is 7.18. The van der Waals surface area contributed by atoms with E-state index < -0.39 is 5.82 Å². The normalized spacial score (nSPS) is 11.1. The van der Waals surface area contributed by atoms with E-state index >= 15 is 4.39 Å². The lowest BCUT2D eigenvalue weighted by Crippen LogP contribution is -2.05. The molecule has 0 saturated carbocycles. The smallest absolute Gasteiger partial charge is 0.222 e. The first-order chi connectivity index (χ1) is 15.5. The number of nitrogen functional groups attached to an aromatic ring is 2. The monoisotopic (exact) mass is 427 g/mol. The van der Waals surface area contributed by atoms with Crippen LogP contribution in [0.3, 0.4) is 0 Å². The molecule has 8 nitrogen and oxygen atoms in total. The Labute approximate surface area is 182 Å². The maximum absolute atomic E-state index is 15.1. The third-order valence-corrected chi connectivity index (χ3v) is 5.08. The van der Waals surface area contributed by atoms with Crippen LogP contribution in [0.15, 0.2) is 61.2 Å². The van der Waals surface area contributed by atoms with Gasteiger partial charge < -0.3 is 21.2 Å². The highest BCUT2D eigenvalue weighted by atomic mass is 19.1. The van der Waals surface area contributed by atoms with Crippen LogP contribution < -0.4 is 16.2 Å². The number of anilines is 2. The molecule has 32 heavy (non-hydrogen) atoms. The quantitative estimate of drug-likeness (QED) is 0.385. The molecule has 5 N–H and O–H groups in total. The number of aromatic nitrogens is 5. The van der Waals surface area contributed by atoms with Crippen molar-refractivity contribution >= 4 is 22.8 Å². The van der Waals surface area contributed by atoms with Crippen molar-refractivity contribution in [2.45, 2.75) is 6.92 Å². The van der Waals surface area contributed by atoms with Crippen LogP contribution in [0.25, 0.3) is 33.4 Å². The van der Waals surface area contributed by atoms with Crippen LogP contribution in [0.2, 0.25) is 0 Å². The van der Waals surface area contributed by atoms with Crippen LogP contribution in [0.1, 0.15) is 5.56 Å². The average molecular weight is 427 g/mol. The van der Waals surface area contributed by atoms with Crippen LogP contribution in [0, 0.1) is 12.7 Å². The zero-order valence-electron chi connectivity index (χ0n) is 17.0. The molecule has 5 rings (SSSR count). The summed E-state index contributed by atoms with van der Waals surface area (Å²) in [5, 5.41) is 0.798. The van der Waals surface area contributed by atoms with Crippen molar-refractivity contribution in [1.82, 2.24) is 24.9 Å². The maximum atomic E-state index is 15.1. The van der Waals surface area contributed by atoms with Gasteiger partial charge in [-0.2, -0.15) is 4.98 Å². The molecule has 0 amide bonds. The van der Waals surface area contributed by atoms with Crippen molar-refractivity contribution in [3.8, 4) is 33.9 Å². The highest BCUT2D eigenvalue weighted by Gasteiger charge is 2.18. The molecule has 0 aliphatic heterocycles. The van der Waals surface area contributed by atoms with E-state index in [0.717, 1.165) is 16.5 Å². The van der Waals surface area contributed by atoms with Gasteiger partial charge in [0.05, 0.1) is 16.6 Å². The number of fused-ring (bicyclic) bond motifs is 1. The Kier molecular flexibility index (Phi) is 4.63. The van der Waals surface area contributed by atoms with Gasteiger partial charge in [-0.1, -0.05) is 6.07 Å². The highest BCUT2D eigenvalue weighted by molar-refractivity contribution is 5.88. The minimum Gasteiger partial charge on any atom is -0.453 e. The number of benzene rings is 1. The standard InChI is InChI=1S/C23H18FN7O/c1-12-11-29-22-18(12)17(6-9-28-22)32-16-3-2-14(10-15(16)24)19-20(13-4-7-27-8-5-13)30-23(26)31-21(19)25/h2-11H,1H3,(H,28,29)(H4,25,26,30,31). The molecule has 158 valence electrons. The van der Waals surface area contributed by atoms with Gasteiger partial charge >= 0.3 is 0 Å². The Bertz CT molecular complexity index is 1450. The zero-order chi connectivity index (χ0) is 22.2. The summed E-state index contributed by atoms with van der Waals surface area (Å²) in [5.41, 5.74) is 15.8. The summed E-state index contributed by atoms with van der Waals surface area (Å²) in [6, 6.07) is 9.83. The fourth-order valence-electron chi connectivity index (χ4n) is 3.63. The largest absolute Gasteiger partial charge is 0.453 e. The summed E-state index contributed by atoms with van der Waals surface area (Å²) in [5.74, 6) is 0.200. The van der Waals surface area contributed by atoms with Crippen molar-refractivity contribution in [3.05, 3.63) is 72.6 Å². The predicted octanol–water partition coefficient (Wildman–Crippen LogP) is 4.49. The van der Waals surface area contributed by atoms with Crippen LogP contribution in [-0.2, 0) is 0 Å². The van der Waals surface area contributed by atoms with E-state index in [1.54, 1.807) is 48.9 Å². The summed E-state index contributed by atoms with van der Waals surface area (Å²) >= 11 is 0. The molecule has 0 aliphatic rings. The number of hydrogen-bond acceptors (Lipinski definition) is 7. The van der Waals surface area contributed by atoms with E-state index in [1.165, 1.54) is 6.07 Å². The molecule has 1 aromatic carbocycles. The third-order valence-electron chi connectivity index (χ3n) is 5.08. The lowest BCUT2D eigenvalue weighted by atomic mass is 10.00. The Balaban J connectivity index is 1.58. The maximum Gasteiger partial charge on any atom is 0.222 e. The van der Waals surface area contributed by atoms with Crippen molar-refractivity contribution in [1.29, 1.82) is 0 Å². The Hall–Kier alpha value is -4.53. The van der Waals surface area contributed by atoms with E-state index in [1.807, 2.05) is 13.1 Å². The van der Waals surface area contributed by atoms with Gasteiger partial charge in [0.15, 0.2) is 11.6 Å². The van der Waals surface area contributed by atoms with E-state index in [0.29, 0.717) is 28.2 Å². The number of nitrogens with one attached hydrogen (secondary N) is 1. The molecule has 4 heterocycles. The van der Waals surface area contributed by atoms with Gasteiger partial charge in [0.1, 0.15) is 17.2 Å². The number of rotatable bonds is 4. The summed E-state index contributed by atoms with van der Waals surface area (Å²) in [6.07, 6.45) is 6.69. The minimum absolute atomic E-state index is 0.0297. The highest BCUT2D eigenvalue weighted by Crippen LogP contribution is 2.38. The van der Waals surface area contributed by atoms with E-state index in [-0.39, 0.29) is 17.5 Å². The molecule has 9 heteroatoms. The van der Waals surface area contributed by atoms with E-state index in [9.17, 15) is 0 Å². The molecule has 0 unspecified atom stereocenters. The molecule has 0 aliphatic carbocycles. The molecule has 0 atom stereocenters. The van der Waals surface area contributed by atoms with E-state index in [4.69, 9.17) is 16.2 Å². The Morgan fingerprint density at radius 3 is 2.53 bits per heavy atom. The van der Waals surface area contributed by atoms with Gasteiger partial charge in [-0.15, -0.1) is 0 Å². The number of aryl methyl sites for hydroxylation is 1. The fourth-order valence-corrected chi connectivity index (χ4v) is 3.63. The summed E-state index contributed by atoms with van der Waals surface area (Å²) in [4.78, 5) is 19.7. The zero-order valence-corrected chi connectivity index (χ0v) is 17.0. The molecular formula is C23H18FN7O. The molecule has 0 fully saturated rings. The van der Waals surface area contributed by atoms with Gasteiger partial charge in [0.25, 0.3) is 0 Å². The number of hydrogen-bond donors (Lipinski definition) is 3. The fraction of sp³-hybridized carbons (Fsp3) is 0.0435. The molecule has 0 radical (unpaired) electrons. The van der Waals surface area contributed by atoms with Crippen molar-refractivity contribution in [2.24, 2.45) is 0 Å². The molecule has 0 bridgehead atoms. The van der Waals surface area contributed by atoms with Crippen LogP contribution in [0.5, 0.6) is 11.5 Å². The second-order valence-electron chi connectivity index (χ2n) is 7.18. The number of nitrogens with zero attached hydrogens (tertiary/aromatic N) is 4. The first-order valence-corrected chi connectivity index (χ1v) is 9.75. The number of ether oxygens (including phenoxy) is 1. The van der Waals surface area contributed by atoms with Gasteiger partial charge in [-0.05, 0) is 48.4 Å². The summed E-state index contributed by atoms with van der Waals surface area (Å²) < 4.78 is 21.0. The average Bonchev–Trinajstić information content (AvgIpc) is 3.17. The van der Waals surface area contributed by atoms with Crippen molar-refractivity contribution in [2.75, 3.05) is 11.5 Å². The number of nitrogens with two attached hydrogens (primary N) is 2. The number of H-pyrrole nitrogens is 1.